The van der Waals surface area contributed by atoms with Crippen molar-refractivity contribution < 1.29 is 9.53 Å². The highest BCUT2D eigenvalue weighted by molar-refractivity contribution is 5.89. The number of hydrogen-bond acceptors (Lipinski definition) is 2. The number of benzene rings is 1. The molecule has 16 heavy (non-hydrogen) atoms. The number of amides is 1. The van der Waals surface area contributed by atoms with Crippen LogP contribution in [0.3, 0.4) is 0 Å². The molecule has 3 heteroatoms. The third-order valence-corrected chi connectivity index (χ3v) is 2.55. The van der Waals surface area contributed by atoms with Crippen LogP contribution < -0.4 is 5.32 Å². The van der Waals surface area contributed by atoms with Crippen molar-refractivity contribution in [2.24, 2.45) is 0 Å². The highest BCUT2D eigenvalue weighted by Crippen LogP contribution is 2.24. The van der Waals surface area contributed by atoms with Crippen molar-refractivity contribution in [3.63, 3.8) is 0 Å². The molecule has 3 nitrogen and oxygen atoms in total. The van der Waals surface area contributed by atoms with Gasteiger partial charge in [-0.3, -0.25) is 4.79 Å². The summed E-state index contributed by atoms with van der Waals surface area (Å²) in [6.45, 7) is 2.52. The molecule has 0 radical (unpaired) electrons. The predicted octanol–water partition coefficient (Wildman–Crippen LogP) is 2.17. The molecule has 1 aromatic rings. The van der Waals surface area contributed by atoms with Gasteiger partial charge in [0.1, 0.15) is 5.76 Å². The maximum atomic E-state index is 11.5. The SMILES string of the molecule is CCOC1=CC(=O)NC(c2ccccc2)C1. The quantitative estimate of drug-likeness (QED) is 0.842. The van der Waals surface area contributed by atoms with Gasteiger partial charge in [-0.05, 0) is 12.5 Å². The molecule has 1 unspecified atom stereocenters. The van der Waals surface area contributed by atoms with Crippen LogP contribution >= 0.6 is 0 Å². The zero-order chi connectivity index (χ0) is 11.4. The number of ether oxygens (including phenoxy) is 1. The number of carbonyl (C=O) groups excluding carboxylic acids is 1. The van der Waals surface area contributed by atoms with Gasteiger partial charge in [0.05, 0.1) is 12.6 Å². The minimum Gasteiger partial charge on any atom is -0.498 e. The van der Waals surface area contributed by atoms with Crippen molar-refractivity contribution in [1.82, 2.24) is 5.32 Å². The van der Waals surface area contributed by atoms with Crippen LogP contribution in [0.4, 0.5) is 0 Å². The Hall–Kier alpha value is -1.77. The van der Waals surface area contributed by atoms with Crippen LogP contribution in [0.5, 0.6) is 0 Å². The topological polar surface area (TPSA) is 38.3 Å². The maximum Gasteiger partial charge on any atom is 0.247 e. The molecule has 2 rings (SSSR count). The van der Waals surface area contributed by atoms with E-state index >= 15 is 0 Å². The second-order valence-corrected chi connectivity index (χ2v) is 3.72. The average Bonchev–Trinajstić information content (AvgIpc) is 2.30. The number of carbonyl (C=O) groups is 1. The van der Waals surface area contributed by atoms with Gasteiger partial charge >= 0.3 is 0 Å². The van der Waals surface area contributed by atoms with Crippen LogP contribution in [0.25, 0.3) is 0 Å². The first kappa shape index (κ1) is 10.7. The van der Waals surface area contributed by atoms with Crippen LogP contribution in [-0.4, -0.2) is 12.5 Å². The second-order valence-electron chi connectivity index (χ2n) is 3.72. The molecule has 1 aromatic carbocycles. The molecule has 0 bridgehead atoms. The summed E-state index contributed by atoms with van der Waals surface area (Å²) in [4.78, 5) is 11.5. The first-order valence-electron chi connectivity index (χ1n) is 5.48. The Kier molecular flexibility index (Phi) is 3.25. The van der Waals surface area contributed by atoms with Crippen molar-refractivity contribution >= 4 is 5.91 Å². The van der Waals surface area contributed by atoms with E-state index in [9.17, 15) is 4.79 Å². The lowest BCUT2D eigenvalue weighted by Gasteiger charge is -2.24. The molecule has 0 aromatic heterocycles. The summed E-state index contributed by atoms with van der Waals surface area (Å²) in [7, 11) is 0. The van der Waals surface area contributed by atoms with Crippen LogP contribution in [0, 0.1) is 0 Å². The monoisotopic (exact) mass is 217 g/mol. The Morgan fingerprint density at radius 3 is 2.81 bits per heavy atom. The Morgan fingerprint density at radius 1 is 1.38 bits per heavy atom. The summed E-state index contributed by atoms with van der Waals surface area (Å²) in [5.74, 6) is 0.684. The molecule has 1 amide bonds. The van der Waals surface area contributed by atoms with Crippen LogP contribution in [-0.2, 0) is 9.53 Å². The molecular formula is C13H15NO2. The van der Waals surface area contributed by atoms with Gasteiger partial charge in [0.15, 0.2) is 0 Å². The zero-order valence-corrected chi connectivity index (χ0v) is 9.27. The first-order chi connectivity index (χ1) is 7.79. The average molecular weight is 217 g/mol. The minimum atomic E-state index is -0.0800. The Bertz CT molecular complexity index is 398. The minimum absolute atomic E-state index is 0.0280. The summed E-state index contributed by atoms with van der Waals surface area (Å²) in [5.41, 5.74) is 1.11. The highest BCUT2D eigenvalue weighted by Gasteiger charge is 2.21. The summed E-state index contributed by atoms with van der Waals surface area (Å²) < 4.78 is 5.41. The number of nitrogens with one attached hydrogen (secondary N) is 1. The van der Waals surface area contributed by atoms with E-state index in [1.807, 2.05) is 37.3 Å². The Balaban J connectivity index is 2.15. The third-order valence-electron chi connectivity index (χ3n) is 2.55. The number of rotatable bonds is 3. The van der Waals surface area contributed by atoms with E-state index in [1.54, 1.807) is 0 Å². The molecule has 84 valence electrons. The third kappa shape index (κ3) is 2.42. The lowest BCUT2D eigenvalue weighted by molar-refractivity contribution is -0.118. The molecule has 1 aliphatic rings. The van der Waals surface area contributed by atoms with Gasteiger partial charge < -0.3 is 10.1 Å². The summed E-state index contributed by atoms with van der Waals surface area (Å²) in [6.07, 6.45) is 2.26. The zero-order valence-electron chi connectivity index (χ0n) is 9.27. The van der Waals surface area contributed by atoms with Crippen molar-refractivity contribution in [3.05, 3.63) is 47.7 Å². The molecule has 1 aliphatic heterocycles. The van der Waals surface area contributed by atoms with Crippen molar-refractivity contribution in [2.75, 3.05) is 6.61 Å². The molecule has 0 saturated carbocycles. The fraction of sp³-hybridized carbons (Fsp3) is 0.308. The number of hydrogen-bond donors (Lipinski definition) is 1. The molecule has 0 saturated heterocycles. The second kappa shape index (κ2) is 4.84. The fourth-order valence-electron chi connectivity index (χ4n) is 1.84. The van der Waals surface area contributed by atoms with E-state index in [4.69, 9.17) is 4.74 Å². The van der Waals surface area contributed by atoms with Gasteiger partial charge in [-0.25, -0.2) is 0 Å². The lowest BCUT2D eigenvalue weighted by Crippen LogP contribution is -2.31. The van der Waals surface area contributed by atoms with E-state index in [1.165, 1.54) is 6.08 Å². The molecule has 0 aliphatic carbocycles. The van der Waals surface area contributed by atoms with E-state index in [2.05, 4.69) is 5.32 Å². The van der Waals surface area contributed by atoms with Crippen LogP contribution in [0.2, 0.25) is 0 Å². The summed E-state index contributed by atoms with van der Waals surface area (Å²) in [5, 5.41) is 2.93. The van der Waals surface area contributed by atoms with E-state index in [0.717, 1.165) is 17.7 Å². The lowest BCUT2D eigenvalue weighted by atomic mass is 10.00. The Labute approximate surface area is 95.1 Å². The van der Waals surface area contributed by atoms with E-state index in [0.29, 0.717) is 6.61 Å². The maximum absolute atomic E-state index is 11.5. The highest BCUT2D eigenvalue weighted by atomic mass is 16.5. The molecule has 1 heterocycles. The summed E-state index contributed by atoms with van der Waals surface area (Å²) in [6, 6.07) is 9.97. The van der Waals surface area contributed by atoms with Crippen LogP contribution in [0.1, 0.15) is 24.9 Å². The molecule has 1 atom stereocenters. The standard InChI is InChI=1S/C13H15NO2/c1-2-16-11-8-12(14-13(15)9-11)10-6-4-3-5-7-10/h3-7,9,12H,2,8H2,1H3,(H,14,15). The predicted molar refractivity (Wildman–Crippen MR) is 61.7 cm³/mol. The van der Waals surface area contributed by atoms with Gasteiger partial charge in [0.25, 0.3) is 0 Å². The van der Waals surface area contributed by atoms with E-state index in [-0.39, 0.29) is 11.9 Å². The summed E-state index contributed by atoms with van der Waals surface area (Å²) >= 11 is 0. The molecule has 0 fully saturated rings. The molecule has 0 spiro atoms. The molecule has 1 N–H and O–H groups in total. The van der Waals surface area contributed by atoms with Crippen LogP contribution in [0.15, 0.2) is 42.2 Å². The van der Waals surface area contributed by atoms with Crippen molar-refractivity contribution in [3.8, 4) is 0 Å². The van der Waals surface area contributed by atoms with E-state index < -0.39 is 0 Å². The Morgan fingerprint density at radius 2 is 2.12 bits per heavy atom. The van der Waals surface area contributed by atoms with Gasteiger partial charge in [0, 0.05) is 12.5 Å². The van der Waals surface area contributed by atoms with Gasteiger partial charge in [-0.15, -0.1) is 0 Å². The fourth-order valence-corrected chi connectivity index (χ4v) is 1.84. The first-order valence-corrected chi connectivity index (χ1v) is 5.48. The smallest absolute Gasteiger partial charge is 0.247 e. The van der Waals surface area contributed by atoms with Crippen molar-refractivity contribution in [2.45, 2.75) is 19.4 Å². The largest absolute Gasteiger partial charge is 0.498 e. The van der Waals surface area contributed by atoms with Crippen molar-refractivity contribution in [1.29, 1.82) is 0 Å². The molecular weight excluding hydrogens is 202 g/mol. The van der Waals surface area contributed by atoms with Gasteiger partial charge in [-0.2, -0.15) is 0 Å². The van der Waals surface area contributed by atoms with Gasteiger partial charge in [0.2, 0.25) is 5.91 Å². The normalized spacial score (nSPS) is 19.9. The van der Waals surface area contributed by atoms with Gasteiger partial charge in [-0.1, -0.05) is 30.3 Å².